The van der Waals surface area contributed by atoms with Crippen LogP contribution in [0.4, 0.5) is 5.69 Å². The largest absolute Gasteiger partial charge is 0.466 e. The summed E-state index contributed by atoms with van der Waals surface area (Å²) in [5.74, 6) is -0.317. The third-order valence-corrected chi connectivity index (χ3v) is 4.32. The number of hydrogen-bond acceptors (Lipinski definition) is 6. The minimum absolute atomic E-state index is 0.177. The first-order valence-corrected chi connectivity index (χ1v) is 9.56. The van der Waals surface area contributed by atoms with Gasteiger partial charge in [-0.1, -0.05) is 12.1 Å². The number of aryl methyl sites for hydroxylation is 3. The zero-order chi connectivity index (χ0) is 21.7. The molecule has 2 heterocycles. The van der Waals surface area contributed by atoms with Crippen molar-refractivity contribution in [3.8, 4) is 5.88 Å². The van der Waals surface area contributed by atoms with Gasteiger partial charge < -0.3 is 14.8 Å². The fourth-order valence-electron chi connectivity index (χ4n) is 3.01. The van der Waals surface area contributed by atoms with Crippen molar-refractivity contribution in [2.24, 2.45) is 7.05 Å². The van der Waals surface area contributed by atoms with Crippen molar-refractivity contribution >= 4 is 34.7 Å². The van der Waals surface area contributed by atoms with Gasteiger partial charge in [0.15, 0.2) is 12.3 Å². The molecule has 0 aliphatic carbocycles. The van der Waals surface area contributed by atoms with Crippen molar-refractivity contribution in [3.63, 3.8) is 0 Å². The van der Waals surface area contributed by atoms with Crippen LogP contribution in [0.25, 0.3) is 17.1 Å². The Morgan fingerprint density at radius 3 is 2.63 bits per heavy atom. The lowest BCUT2D eigenvalue weighted by molar-refractivity contribution is -0.137. The Morgan fingerprint density at radius 2 is 1.93 bits per heavy atom. The molecule has 0 atom stereocenters. The number of esters is 1. The van der Waals surface area contributed by atoms with Gasteiger partial charge in [0, 0.05) is 24.5 Å². The number of aromatic nitrogens is 3. The minimum atomic E-state index is -0.394. The van der Waals surface area contributed by atoms with E-state index in [4.69, 9.17) is 9.47 Å². The summed E-state index contributed by atoms with van der Waals surface area (Å²) in [4.78, 5) is 28.1. The normalized spacial score (nSPS) is 11.1. The Kier molecular flexibility index (Phi) is 6.46. The Hall–Kier alpha value is -3.68. The van der Waals surface area contributed by atoms with Crippen molar-refractivity contribution in [1.82, 2.24) is 14.8 Å². The molecule has 3 aromatic rings. The van der Waals surface area contributed by atoms with Gasteiger partial charge >= 0.3 is 5.97 Å². The van der Waals surface area contributed by atoms with Crippen LogP contribution < -0.4 is 10.1 Å². The Morgan fingerprint density at radius 1 is 1.20 bits per heavy atom. The van der Waals surface area contributed by atoms with Crippen molar-refractivity contribution in [1.29, 1.82) is 0 Å². The number of benzene rings is 1. The van der Waals surface area contributed by atoms with E-state index < -0.39 is 5.97 Å². The van der Waals surface area contributed by atoms with Crippen LogP contribution in [-0.4, -0.2) is 39.9 Å². The minimum Gasteiger partial charge on any atom is -0.466 e. The topological polar surface area (TPSA) is 95.3 Å². The number of nitrogens with zero attached hydrogens (tertiary/aromatic N) is 3. The highest BCUT2D eigenvalue weighted by Crippen LogP contribution is 2.27. The fourth-order valence-corrected chi connectivity index (χ4v) is 3.01. The van der Waals surface area contributed by atoms with E-state index >= 15 is 0 Å². The molecule has 30 heavy (non-hydrogen) atoms. The molecule has 1 amide bonds. The van der Waals surface area contributed by atoms with E-state index in [0.29, 0.717) is 18.2 Å². The number of carbonyl (C=O) groups is 2. The van der Waals surface area contributed by atoms with Crippen LogP contribution >= 0.6 is 0 Å². The number of hydrogen-bond donors (Lipinski definition) is 1. The Balaban J connectivity index is 1.60. The number of fused-ring (bicyclic) bond motifs is 1. The molecule has 0 radical (unpaired) electrons. The molecule has 0 bridgehead atoms. The van der Waals surface area contributed by atoms with Crippen LogP contribution in [0.2, 0.25) is 0 Å². The first-order chi connectivity index (χ1) is 14.4. The summed E-state index contributed by atoms with van der Waals surface area (Å²) in [6.07, 6.45) is 3.01. The van der Waals surface area contributed by atoms with Gasteiger partial charge in [-0.05, 0) is 56.2 Å². The van der Waals surface area contributed by atoms with Crippen LogP contribution in [0.5, 0.6) is 5.88 Å². The smallest absolute Gasteiger partial charge is 0.330 e. The average molecular weight is 408 g/mol. The van der Waals surface area contributed by atoms with E-state index in [1.807, 2.05) is 19.9 Å². The molecule has 0 unspecified atom stereocenters. The van der Waals surface area contributed by atoms with Crippen LogP contribution in [-0.2, 0) is 21.4 Å². The molecular formula is C22H24N4O4. The van der Waals surface area contributed by atoms with Crippen molar-refractivity contribution in [2.75, 3.05) is 18.5 Å². The van der Waals surface area contributed by atoms with Gasteiger partial charge in [0.25, 0.3) is 5.91 Å². The molecule has 0 saturated carbocycles. The first-order valence-electron chi connectivity index (χ1n) is 9.56. The van der Waals surface area contributed by atoms with Crippen LogP contribution in [0.3, 0.4) is 0 Å². The number of anilines is 1. The van der Waals surface area contributed by atoms with Gasteiger partial charge in [0.1, 0.15) is 0 Å². The summed E-state index contributed by atoms with van der Waals surface area (Å²) in [6.45, 7) is 5.79. The molecule has 0 aliphatic rings. The molecular weight excluding hydrogens is 384 g/mol. The maximum Gasteiger partial charge on any atom is 0.330 e. The van der Waals surface area contributed by atoms with Crippen LogP contribution in [0.1, 0.15) is 23.7 Å². The molecule has 8 heteroatoms. The predicted octanol–water partition coefficient (Wildman–Crippen LogP) is 3.18. The second-order valence-electron chi connectivity index (χ2n) is 6.75. The summed E-state index contributed by atoms with van der Waals surface area (Å²) in [5, 5.41) is 7.91. The van der Waals surface area contributed by atoms with E-state index in [1.54, 1.807) is 49.0 Å². The lowest BCUT2D eigenvalue weighted by Crippen LogP contribution is -2.20. The summed E-state index contributed by atoms with van der Waals surface area (Å²) in [6, 6.07) is 9.02. The van der Waals surface area contributed by atoms with Crippen molar-refractivity contribution in [3.05, 3.63) is 53.2 Å². The van der Waals surface area contributed by atoms with E-state index in [2.05, 4.69) is 15.4 Å². The lowest BCUT2D eigenvalue weighted by atomic mass is 10.2. The third kappa shape index (κ3) is 5.02. The Bertz CT molecular complexity index is 1100. The van der Waals surface area contributed by atoms with E-state index in [0.717, 1.165) is 27.9 Å². The number of pyridine rings is 1. The zero-order valence-corrected chi connectivity index (χ0v) is 17.4. The molecule has 8 nitrogen and oxygen atoms in total. The van der Waals surface area contributed by atoms with E-state index in [1.165, 1.54) is 6.08 Å². The summed E-state index contributed by atoms with van der Waals surface area (Å²) >= 11 is 0. The highest BCUT2D eigenvalue weighted by atomic mass is 16.5. The average Bonchev–Trinajstić information content (AvgIpc) is 3.02. The molecule has 0 spiro atoms. The number of rotatable bonds is 7. The third-order valence-electron chi connectivity index (χ3n) is 4.32. The van der Waals surface area contributed by atoms with Gasteiger partial charge in [-0.3, -0.25) is 4.79 Å². The molecule has 0 aliphatic heterocycles. The first kappa shape index (κ1) is 21.0. The lowest BCUT2D eigenvalue weighted by Gasteiger charge is -2.07. The van der Waals surface area contributed by atoms with Crippen LogP contribution in [0.15, 0.2) is 36.4 Å². The highest BCUT2D eigenvalue weighted by molar-refractivity contribution is 5.93. The maximum absolute atomic E-state index is 12.3. The van der Waals surface area contributed by atoms with Gasteiger partial charge in [0.05, 0.1) is 12.0 Å². The molecule has 0 fully saturated rings. The molecule has 1 aromatic carbocycles. The molecule has 156 valence electrons. The SMILES string of the molecule is CCOC(=O)/C=C/c1ccc(NC(=O)COc2nn(C)c3nc(C)cc(C)c23)cc1. The fraction of sp³-hybridized carbons (Fsp3) is 0.273. The van der Waals surface area contributed by atoms with Gasteiger partial charge in [-0.25, -0.2) is 14.5 Å². The standard InChI is InChI=1S/C22H24N4O4/c1-5-29-19(28)11-8-16-6-9-17(10-7-16)24-18(27)13-30-22-20-14(2)12-15(3)23-21(20)26(4)25-22/h6-12H,5,13H2,1-4H3,(H,24,27)/b11-8+. The van der Waals surface area contributed by atoms with Gasteiger partial charge in [-0.2, -0.15) is 0 Å². The number of amides is 1. The molecule has 1 N–H and O–H groups in total. The highest BCUT2D eigenvalue weighted by Gasteiger charge is 2.15. The number of ether oxygens (including phenoxy) is 2. The summed E-state index contributed by atoms with van der Waals surface area (Å²) < 4.78 is 12.1. The monoisotopic (exact) mass is 408 g/mol. The van der Waals surface area contributed by atoms with Crippen molar-refractivity contribution < 1.29 is 19.1 Å². The molecule has 3 rings (SSSR count). The molecule has 0 saturated heterocycles. The van der Waals surface area contributed by atoms with E-state index in [9.17, 15) is 9.59 Å². The van der Waals surface area contributed by atoms with E-state index in [-0.39, 0.29) is 12.5 Å². The molecule has 2 aromatic heterocycles. The number of carbonyl (C=O) groups excluding carboxylic acids is 2. The zero-order valence-electron chi connectivity index (χ0n) is 17.4. The maximum atomic E-state index is 12.3. The second-order valence-corrected chi connectivity index (χ2v) is 6.75. The van der Waals surface area contributed by atoms with Crippen molar-refractivity contribution in [2.45, 2.75) is 20.8 Å². The predicted molar refractivity (Wildman–Crippen MR) is 114 cm³/mol. The summed E-state index contributed by atoms with van der Waals surface area (Å²) in [7, 11) is 1.79. The van der Waals surface area contributed by atoms with Gasteiger partial charge in [0.2, 0.25) is 5.88 Å². The second kappa shape index (κ2) is 9.21. The quantitative estimate of drug-likeness (QED) is 0.477. The van der Waals surface area contributed by atoms with Gasteiger partial charge in [-0.15, -0.1) is 5.10 Å². The van der Waals surface area contributed by atoms with Crippen LogP contribution in [0, 0.1) is 13.8 Å². The number of nitrogens with one attached hydrogen (secondary N) is 1. The Labute approximate surface area is 174 Å². The summed E-state index contributed by atoms with van der Waals surface area (Å²) in [5.41, 5.74) is 4.04.